The number of sulfonamides is 1. The van der Waals surface area contributed by atoms with Crippen molar-refractivity contribution in [3.63, 3.8) is 0 Å². The molecule has 0 aromatic heterocycles. The predicted molar refractivity (Wildman–Crippen MR) is 68.5 cm³/mol. The first-order valence-corrected chi connectivity index (χ1v) is 7.75. The average molecular weight is 264 g/mol. The van der Waals surface area contributed by atoms with E-state index in [0.29, 0.717) is 13.1 Å². The van der Waals surface area contributed by atoms with Gasteiger partial charge in [0.15, 0.2) is 0 Å². The van der Waals surface area contributed by atoms with E-state index in [0.717, 1.165) is 25.8 Å². The molecule has 0 aromatic rings. The second-order valence-electron chi connectivity index (χ2n) is 4.73. The van der Waals surface area contributed by atoms with Gasteiger partial charge in [0.25, 0.3) is 0 Å². The SMILES string of the molecule is CCNCC(C)S(=O)(=O)NCC1(OC)CCC1. The Balaban J connectivity index is 2.43. The normalized spacial score (nSPS) is 20.9. The van der Waals surface area contributed by atoms with Crippen LogP contribution < -0.4 is 10.0 Å². The Bertz CT molecular complexity index is 320. The van der Waals surface area contributed by atoms with Crippen molar-refractivity contribution < 1.29 is 13.2 Å². The molecule has 0 amide bonds. The Morgan fingerprint density at radius 2 is 2.06 bits per heavy atom. The average Bonchev–Trinajstić information content (AvgIpc) is 2.24. The van der Waals surface area contributed by atoms with E-state index in [4.69, 9.17) is 4.74 Å². The molecule has 0 saturated heterocycles. The summed E-state index contributed by atoms with van der Waals surface area (Å²) < 4.78 is 31.9. The van der Waals surface area contributed by atoms with Crippen molar-refractivity contribution in [2.24, 2.45) is 0 Å². The quantitative estimate of drug-likeness (QED) is 0.669. The van der Waals surface area contributed by atoms with Crippen molar-refractivity contribution in [1.82, 2.24) is 10.0 Å². The third-order valence-electron chi connectivity index (χ3n) is 3.50. The first-order chi connectivity index (χ1) is 7.96. The van der Waals surface area contributed by atoms with Gasteiger partial charge in [-0.15, -0.1) is 0 Å². The van der Waals surface area contributed by atoms with Crippen LogP contribution in [0, 0.1) is 0 Å². The van der Waals surface area contributed by atoms with Gasteiger partial charge in [-0.2, -0.15) is 0 Å². The Labute approximate surface area is 104 Å². The van der Waals surface area contributed by atoms with Crippen molar-refractivity contribution >= 4 is 10.0 Å². The topological polar surface area (TPSA) is 67.4 Å². The van der Waals surface area contributed by atoms with E-state index in [1.807, 2.05) is 6.92 Å². The Morgan fingerprint density at radius 3 is 2.47 bits per heavy atom. The van der Waals surface area contributed by atoms with Gasteiger partial charge in [0.2, 0.25) is 10.0 Å². The lowest BCUT2D eigenvalue weighted by Gasteiger charge is -2.40. The molecule has 1 rings (SSSR count). The molecule has 1 saturated carbocycles. The number of rotatable bonds is 8. The fraction of sp³-hybridized carbons (Fsp3) is 1.00. The molecule has 2 N–H and O–H groups in total. The molecule has 1 aliphatic rings. The minimum absolute atomic E-state index is 0.259. The summed E-state index contributed by atoms with van der Waals surface area (Å²) in [5.41, 5.74) is -0.259. The highest BCUT2D eigenvalue weighted by Gasteiger charge is 2.38. The van der Waals surface area contributed by atoms with Gasteiger partial charge in [0.1, 0.15) is 0 Å². The first-order valence-electron chi connectivity index (χ1n) is 6.20. The molecular formula is C11H24N2O3S. The fourth-order valence-electron chi connectivity index (χ4n) is 1.86. The van der Waals surface area contributed by atoms with Crippen molar-refractivity contribution in [3.05, 3.63) is 0 Å². The summed E-state index contributed by atoms with van der Waals surface area (Å²) in [6.07, 6.45) is 2.99. The number of nitrogens with one attached hydrogen (secondary N) is 2. The molecule has 1 fully saturated rings. The number of hydrogen-bond acceptors (Lipinski definition) is 4. The molecule has 5 nitrogen and oxygen atoms in total. The third kappa shape index (κ3) is 3.91. The summed E-state index contributed by atoms with van der Waals surface area (Å²) in [5, 5.41) is 2.62. The number of hydrogen-bond donors (Lipinski definition) is 2. The monoisotopic (exact) mass is 264 g/mol. The second-order valence-corrected chi connectivity index (χ2v) is 6.91. The molecule has 1 aliphatic carbocycles. The van der Waals surface area contributed by atoms with Gasteiger partial charge >= 0.3 is 0 Å². The lowest BCUT2D eigenvalue weighted by atomic mass is 9.80. The third-order valence-corrected chi connectivity index (χ3v) is 5.28. The van der Waals surface area contributed by atoms with Crippen molar-refractivity contribution in [2.45, 2.75) is 44.0 Å². The fourth-order valence-corrected chi connectivity index (χ4v) is 2.94. The zero-order valence-electron chi connectivity index (χ0n) is 11.0. The summed E-state index contributed by atoms with van der Waals surface area (Å²) in [6.45, 7) is 5.32. The van der Waals surface area contributed by atoms with Crippen molar-refractivity contribution in [2.75, 3.05) is 26.7 Å². The van der Waals surface area contributed by atoms with Crippen LogP contribution in [0.15, 0.2) is 0 Å². The maximum absolute atomic E-state index is 11.9. The minimum atomic E-state index is -3.24. The summed E-state index contributed by atoms with van der Waals surface area (Å²) in [4.78, 5) is 0. The van der Waals surface area contributed by atoms with Crippen LogP contribution >= 0.6 is 0 Å². The van der Waals surface area contributed by atoms with Gasteiger partial charge < -0.3 is 10.1 Å². The lowest BCUT2D eigenvalue weighted by molar-refractivity contribution is -0.0659. The largest absolute Gasteiger partial charge is 0.377 e. The minimum Gasteiger partial charge on any atom is -0.377 e. The molecular weight excluding hydrogens is 240 g/mol. The van der Waals surface area contributed by atoms with Gasteiger partial charge in [-0.3, -0.25) is 0 Å². The molecule has 1 unspecified atom stereocenters. The van der Waals surface area contributed by atoms with Crippen LogP contribution in [0.2, 0.25) is 0 Å². The zero-order chi connectivity index (χ0) is 12.9. The van der Waals surface area contributed by atoms with Gasteiger partial charge in [0, 0.05) is 20.2 Å². The van der Waals surface area contributed by atoms with Crippen LogP contribution in [0.5, 0.6) is 0 Å². The smallest absolute Gasteiger partial charge is 0.215 e. The maximum Gasteiger partial charge on any atom is 0.215 e. The van der Waals surface area contributed by atoms with E-state index in [1.165, 1.54) is 0 Å². The van der Waals surface area contributed by atoms with Gasteiger partial charge in [-0.05, 0) is 32.7 Å². The Morgan fingerprint density at radius 1 is 1.41 bits per heavy atom. The van der Waals surface area contributed by atoms with Crippen LogP contribution in [0.3, 0.4) is 0 Å². The Hall–Kier alpha value is -0.170. The molecule has 0 bridgehead atoms. The zero-order valence-corrected chi connectivity index (χ0v) is 11.8. The molecule has 0 radical (unpaired) electrons. The van der Waals surface area contributed by atoms with E-state index in [2.05, 4.69) is 10.0 Å². The summed E-state index contributed by atoms with van der Waals surface area (Å²) in [5.74, 6) is 0. The van der Waals surface area contributed by atoms with Crippen LogP contribution in [0.25, 0.3) is 0 Å². The highest BCUT2D eigenvalue weighted by atomic mass is 32.2. The Kier molecular flexibility index (Phi) is 5.37. The maximum atomic E-state index is 11.9. The standard InChI is InChI=1S/C11H24N2O3S/c1-4-12-8-10(2)17(14,15)13-9-11(16-3)6-5-7-11/h10,12-13H,4-9H2,1-3H3. The summed E-state index contributed by atoms with van der Waals surface area (Å²) >= 11 is 0. The van der Waals surface area contributed by atoms with E-state index in [9.17, 15) is 8.42 Å². The molecule has 17 heavy (non-hydrogen) atoms. The van der Waals surface area contributed by atoms with Crippen LogP contribution in [-0.4, -0.2) is 46.0 Å². The highest BCUT2D eigenvalue weighted by molar-refractivity contribution is 7.90. The number of methoxy groups -OCH3 is 1. The molecule has 1 atom stereocenters. The first kappa shape index (κ1) is 14.9. The van der Waals surface area contributed by atoms with Gasteiger partial charge in [-0.1, -0.05) is 6.92 Å². The highest BCUT2D eigenvalue weighted by Crippen LogP contribution is 2.34. The van der Waals surface area contributed by atoms with E-state index < -0.39 is 15.3 Å². The molecule has 0 spiro atoms. The lowest BCUT2D eigenvalue weighted by Crippen LogP contribution is -2.51. The molecule has 0 aromatic carbocycles. The molecule has 0 aliphatic heterocycles. The van der Waals surface area contributed by atoms with Crippen molar-refractivity contribution in [1.29, 1.82) is 0 Å². The van der Waals surface area contributed by atoms with Crippen molar-refractivity contribution in [3.8, 4) is 0 Å². The van der Waals surface area contributed by atoms with Gasteiger partial charge in [-0.25, -0.2) is 13.1 Å². The van der Waals surface area contributed by atoms with E-state index in [-0.39, 0.29) is 5.60 Å². The van der Waals surface area contributed by atoms with E-state index in [1.54, 1.807) is 14.0 Å². The number of ether oxygens (including phenoxy) is 1. The molecule has 6 heteroatoms. The summed E-state index contributed by atoms with van der Waals surface area (Å²) in [6, 6.07) is 0. The molecule has 0 heterocycles. The second kappa shape index (κ2) is 6.13. The van der Waals surface area contributed by atoms with Crippen LogP contribution in [0.1, 0.15) is 33.1 Å². The van der Waals surface area contributed by atoms with Crippen LogP contribution in [-0.2, 0) is 14.8 Å². The summed E-state index contributed by atoms with van der Waals surface area (Å²) in [7, 11) is -1.60. The molecule has 102 valence electrons. The predicted octanol–water partition coefficient (Wildman–Crippen LogP) is 0.473. The van der Waals surface area contributed by atoms with E-state index >= 15 is 0 Å². The van der Waals surface area contributed by atoms with Gasteiger partial charge in [0.05, 0.1) is 10.9 Å². The van der Waals surface area contributed by atoms with Crippen LogP contribution in [0.4, 0.5) is 0 Å².